The van der Waals surface area contributed by atoms with E-state index in [1.165, 1.54) is 4.70 Å². The van der Waals surface area contributed by atoms with E-state index < -0.39 is 6.10 Å². The highest BCUT2D eigenvalue weighted by Crippen LogP contribution is 2.37. The van der Waals surface area contributed by atoms with Gasteiger partial charge in [0, 0.05) is 17.1 Å². The monoisotopic (exact) mass is 358 g/mol. The Hall–Kier alpha value is -1.46. The second-order valence-corrected chi connectivity index (χ2v) is 7.68. The summed E-state index contributed by atoms with van der Waals surface area (Å²) in [6.45, 7) is 1.58. The summed E-state index contributed by atoms with van der Waals surface area (Å²) in [7, 11) is 0. The maximum Gasteiger partial charge on any atom is 0.111 e. The first-order valence-electron chi connectivity index (χ1n) is 8.24. The molecule has 2 aromatic carbocycles. The second kappa shape index (κ2) is 6.81. The summed E-state index contributed by atoms with van der Waals surface area (Å²) >= 11 is 7.99. The van der Waals surface area contributed by atoms with Gasteiger partial charge in [-0.05, 0) is 37.6 Å². The van der Waals surface area contributed by atoms with Gasteiger partial charge in [-0.3, -0.25) is 4.90 Å². The normalized spacial score (nSPS) is 19.8. The number of aliphatic hydroxyl groups is 1. The van der Waals surface area contributed by atoms with Crippen molar-refractivity contribution in [3.8, 4) is 0 Å². The predicted octanol–water partition coefficient (Wildman–Crippen LogP) is 4.82. The molecule has 124 valence electrons. The van der Waals surface area contributed by atoms with Crippen molar-refractivity contribution in [2.24, 2.45) is 0 Å². The lowest BCUT2D eigenvalue weighted by Crippen LogP contribution is -2.28. The molecule has 0 saturated carbocycles. The summed E-state index contributed by atoms with van der Waals surface area (Å²) < 4.78 is 1.23. The maximum atomic E-state index is 10.6. The third-order valence-electron chi connectivity index (χ3n) is 4.63. The number of aromatic nitrogens is 1. The molecular formula is C19H19ClN2OS. The number of aliphatic hydroxyl groups excluding tert-OH is 1. The van der Waals surface area contributed by atoms with Gasteiger partial charge >= 0.3 is 0 Å². The highest BCUT2D eigenvalue weighted by atomic mass is 35.5. The molecule has 1 aliphatic heterocycles. The molecule has 1 aliphatic rings. The molecule has 1 aromatic heterocycles. The number of fused-ring (bicyclic) bond motifs is 1. The van der Waals surface area contributed by atoms with Crippen LogP contribution in [0.3, 0.4) is 0 Å². The zero-order chi connectivity index (χ0) is 16.5. The van der Waals surface area contributed by atoms with Crippen LogP contribution < -0.4 is 0 Å². The molecule has 1 fully saturated rings. The van der Waals surface area contributed by atoms with E-state index in [0.717, 1.165) is 35.5 Å². The van der Waals surface area contributed by atoms with Crippen LogP contribution in [0.15, 0.2) is 48.5 Å². The van der Waals surface area contributed by atoms with Crippen molar-refractivity contribution >= 4 is 33.2 Å². The van der Waals surface area contributed by atoms with Crippen LogP contribution in [-0.4, -0.2) is 28.1 Å². The van der Waals surface area contributed by atoms with Crippen molar-refractivity contribution in [3.05, 3.63) is 64.1 Å². The van der Waals surface area contributed by atoms with Crippen molar-refractivity contribution in [2.45, 2.75) is 25.0 Å². The molecule has 1 saturated heterocycles. The molecule has 0 spiro atoms. The summed E-state index contributed by atoms with van der Waals surface area (Å²) in [6, 6.07) is 16.1. The van der Waals surface area contributed by atoms with Crippen LogP contribution in [0.2, 0.25) is 5.02 Å². The Morgan fingerprint density at radius 2 is 2.00 bits per heavy atom. The Morgan fingerprint density at radius 3 is 2.83 bits per heavy atom. The van der Waals surface area contributed by atoms with Gasteiger partial charge in [-0.2, -0.15) is 0 Å². The Labute approximate surface area is 150 Å². The average molecular weight is 359 g/mol. The maximum absolute atomic E-state index is 10.6. The first-order chi connectivity index (χ1) is 11.7. The number of nitrogens with zero attached hydrogens (tertiary/aromatic N) is 2. The van der Waals surface area contributed by atoms with E-state index >= 15 is 0 Å². The molecule has 5 heteroatoms. The molecule has 24 heavy (non-hydrogen) atoms. The molecule has 4 rings (SSSR count). The SMILES string of the molecule is OC(CN1CCCC1c1nc2ccccc2s1)c1ccccc1Cl. The lowest BCUT2D eigenvalue weighted by atomic mass is 10.1. The van der Waals surface area contributed by atoms with Gasteiger partial charge in [0.25, 0.3) is 0 Å². The number of β-amino-alcohol motifs (C(OH)–C–C–N with tert-alkyl or cyclic N) is 1. The highest BCUT2D eigenvalue weighted by Gasteiger charge is 2.30. The fourth-order valence-corrected chi connectivity index (χ4v) is 4.82. The predicted molar refractivity (Wildman–Crippen MR) is 99.6 cm³/mol. The molecule has 1 N–H and O–H groups in total. The molecular weight excluding hydrogens is 340 g/mol. The van der Waals surface area contributed by atoms with Crippen molar-refractivity contribution in [3.63, 3.8) is 0 Å². The van der Waals surface area contributed by atoms with Crippen LogP contribution in [0.5, 0.6) is 0 Å². The van der Waals surface area contributed by atoms with E-state index in [1.807, 2.05) is 30.3 Å². The van der Waals surface area contributed by atoms with Gasteiger partial charge in [-0.1, -0.05) is 41.9 Å². The molecule has 0 bridgehead atoms. The van der Waals surface area contributed by atoms with Crippen LogP contribution in [0.1, 0.15) is 35.6 Å². The Bertz CT molecular complexity index is 817. The van der Waals surface area contributed by atoms with Crippen LogP contribution in [-0.2, 0) is 0 Å². The summed E-state index contributed by atoms with van der Waals surface area (Å²) in [5, 5.41) is 12.4. The number of para-hydroxylation sites is 1. The summed E-state index contributed by atoms with van der Waals surface area (Å²) in [4.78, 5) is 7.15. The number of thiazole rings is 1. The fraction of sp³-hybridized carbons (Fsp3) is 0.316. The highest BCUT2D eigenvalue weighted by molar-refractivity contribution is 7.18. The van der Waals surface area contributed by atoms with Gasteiger partial charge in [-0.15, -0.1) is 11.3 Å². The largest absolute Gasteiger partial charge is 0.387 e. The van der Waals surface area contributed by atoms with Crippen LogP contribution >= 0.6 is 22.9 Å². The van der Waals surface area contributed by atoms with Gasteiger partial charge in [0.05, 0.1) is 22.4 Å². The van der Waals surface area contributed by atoms with Crippen LogP contribution in [0.25, 0.3) is 10.2 Å². The number of likely N-dealkylation sites (tertiary alicyclic amines) is 1. The minimum Gasteiger partial charge on any atom is -0.387 e. The molecule has 3 nitrogen and oxygen atoms in total. The molecule has 0 aliphatic carbocycles. The third-order valence-corrected chi connectivity index (χ3v) is 6.11. The minimum atomic E-state index is -0.575. The van der Waals surface area contributed by atoms with Crippen LogP contribution in [0, 0.1) is 0 Å². The number of benzene rings is 2. The molecule has 2 heterocycles. The summed E-state index contributed by atoms with van der Waals surface area (Å²) in [6.07, 6.45) is 1.65. The quantitative estimate of drug-likeness (QED) is 0.726. The van der Waals surface area contributed by atoms with E-state index in [1.54, 1.807) is 11.3 Å². The summed E-state index contributed by atoms with van der Waals surface area (Å²) in [5.41, 5.74) is 1.87. The van der Waals surface area contributed by atoms with Gasteiger partial charge in [0.1, 0.15) is 5.01 Å². The van der Waals surface area contributed by atoms with Gasteiger partial charge in [-0.25, -0.2) is 4.98 Å². The van der Waals surface area contributed by atoms with Gasteiger partial charge in [0.15, 0.2) is 0 Å². The Balaban J connectivity index is 1.55. The van der Waals surface area contributed by atoms with Gasteiger partial charge < -0.3 is 5.11 Å². The topological polar surface area (TPSA) is 36.4 Å². The van der Waals surface area contributed by atoms with E-state index in [2.05, 4.69) is 23.1 Å². The fourth-order valence-electron chi connectivity index (χ4n) is 3.42. The standard InChI is InChI=1S/C19H19ClN2OS/c20-14-7-2-1-6-13(14)17(23)12-22-11-5-9-16(22)19-21-15-8-3-4-10-18(15)24-19/h1-4,6-8,10,16-17,23H,5,9,11-12H2. The number of hydrogen-bond donors (Lipinski definition) is 1. The van der Waals surface area contributed by atoms with Crippen molar-refractivity contribution in [1.29, 1.82) is 0 Å². The van der Waals surface area contributed by atoms with Gasteiger partial charge in [0.2, 0.25) is 0 Å². The molecule has 3 aromatic rings. The Kier molecular flexibility index (Phi) is 4.55. The Morgan fingerprint density at radius 1 is 1.21 bits per heavy atom. The number of halogens is 1. The van der Waals surface area contributed by atoms with Crippen molar-refractivity contribution in [2.75, 3.05) is 13.1 Å². The zero-order valence-electron chi connectivity index (χ0n) is 13.2. The summed E-state index contributed by atoms with van der Waals surface area (Å²) in [5.74, 6) is 0. The van der Waals surface area contributed by atoms with Crippen molar-refractivity contribution in [1.82, 2.24) is 9.88 Å². The zero-order valence-corrected chi connectivity index (χ0v) is 14.8. The third kappa shape index (κ3) is 3.07. The first kappa shape index (κ1) is 16.0. The lowest BCUT2D eigenvalue weighted by Gasteiger charge is -2.26. The van der Waals surface area contributed by atoms with Crippen LogP contribution in [0.4, 0.5) is 0 Å². The van der Waals surface area contributed by atoms with E-state index in [9.17, 15) is 5.11 Å². The minimum absolute atomic E-state index is 0.291. The molecule has 0 amide bonds. The molecule has 2 atom stereocenters. The van der Waals surface area contributed by atoms with E-state index in [-0.39, 0.29) is 0 Å². The number of rotatable bonds is 4. The molecule has 0 radical (unpaired) electrons. The first-order valence-corrected chi connectivity index (χ1v) is 9.44. The molecule has 2 unspecified atom stereocenters. The lowest BCUT2D eigenvalue weighted by molar-refractivity contribution is 0.106. The smallest absolute Gasteiger partial charge is 0.111 e. The average Bonchev–Trinajstić information content (AvgIpc) is 3.21. The van der Waals surface area contributed by atoms with Crippen molar-refractivity contribution < 1.29 is 5.11 Å². The second-order valence-electron chi connectivity index (χ2n) is 6.21. The number of hydrogen-bond acceptors (Lipinski definition) is 4. The van der Waals surface area contributed by atoms with E-state index in [4.69, 9.17) is 16.6 Å². The van der Waals surface area contributed by atoms with E-state index in [0.29, 0.717) is 17.6 Å².